The number of amides is 1. The van der Waals surface area contributed by atoms with Gasteiger partial charge in [-0.05, 0) is 24.3 Å². The van der Waals surface area contributed by atoms with Crippen LogP contribution >= 0.6 is 11.8 Å². The smallest absolute Gasteiger partial charge is 0.269 e. The van der Waals surface area contributed by atoms with Gasteiger partial charge in [-0.3, -0.25) is 24.8 Å². The van der Waals surface area contributed by atoms with Crippen LogP contribution in [0, 0.1) is 10.1 Å². The van der Waals surface area contributed by atoms with Gasteiger partial charge in [0.25, 0.3) is 5.69 Å². The lowest BCUT2D eigenvalue weighted by atomic mass is 10.1. The van der Waals surface area contributed by atoms with Crippen molar-refractivity contribution in [1.82, 2.24) is 15.2 Å². The second kappa shape index (κ2) is 8.44. The van der Waals surface area contributed by atoms with Crippen LogP contribution in [0.3, 0.4) is 0 Å². The fourth-order valence-electron chi connectivity index (χ4n) is 2.37. The van der Waals surface area contributed by atoms with Crippen LogP contribution in [0.4, 0.5) is 11.4 Å². The first kappa shape index (κ1) is 19.2. The molecule has 1 aromatic heterocycles. The van der Waals surface area contributed by atoms with E-state index in [-0.39, 0.29) is 23.1 Å². The topological polar surface area (TPSA) is 131 Å². The summed E-state index contributed by atoms with van der Waals surface area (Å²) in [5.74, 6) is 0.258. The molecule has 2 aromatic carbocycles. The number of benzene rings is 2. The fraction of sp³-hybridized carbons (Fsp3) is 0.111. The Labute approximate surface area is 163 Å². The molecule has 0 saturated carbocycles. The number of rotatable bonds is 7. The number of hydrogen-bond donors (Lipinski definition) is 2. The number of carbonyl (C=O) groups is 2. The SMILES string of the molecule is CC(=O)Nc1cccc(-c2nc(SCC(=O)c3ccc([N+](=O)[O-])cc3)n[nH]2)c1. The average molecular weight is 397 g/mol. The van der Waals surface area contributed by atoms with Crippen LogP contribution in [-0.2, 0) is 4.79 Å². The van der Waals surface area contributed by atoms with Gasteiger partial charge in [-0.1, -0.05) is 23.9 Å². The largest absolute Gasteiger partial charge is 0.326 e. The van der Waals surface area contributed by atoms with Gasteiger partial charge < -0.3 is 5.32 Å². The number of thioether (sulfide) groups is 1. The molecule has 3 aromatic rings. The highest BCUT2D eigenvalue weighted by Crippen LogP contribution is 2.23. The van der Waals surface area contributed by atoms with Gasteiger partial charge in [0, 0.05) is 35.9 Å². The van der Waals surface area contributed by atoms with Crippen molar-refractivity contribution < 1.29 is 14.5 Å². The highest BCUT2D eigenvalue weighted by Gasteiger charge is 2.13. The molecular weight excluding hydrogens is 382 g/mol. The molecule has 10 heteroatoms. The fourth-order valence-corrected chi connectivity index (χ4v) is 3.06. The third-order valence-electron chi connectivity index (χ3n) is 3.65. The summed E-state index contributed by atoms with van der Waals surface area (Å²) < 4.78 is 0. The van der Waals surface area contributed by atoms with Gasteiger partial charge in [-0.25, -0.2) is 4.98 Å². The molecule has 1 heterocycles. The summed E-state index contributed by atoms with van der Waals surface area (Å²) in [7, 11) is 0. The van der Waals surface area contributed by atoms with Gasteiger partial charge in [0.05, 0.1) is 10.7 Å². The number of non-ortho nitro benzene ring substituents is 1. The van der Waals surface area contributed by atoms with E-state index in [4.69, 9.17) is 0 Å². The Morgan fingerprint density at radius 1 is 1.21 bits per heavy atom. The van der Waals surface area contributed by atoms with E-state index in [2.05, 4.69) is 20.5 Å². The number of hydrogen-bond acceptors (Lipinski definition) is 7. The van der Waals surface area contributed by atoms with Crippen molar-refractivity contribution in [2.75, 3.05) is 11.1 Å². The van der Waals surface area contributed by atoms with Crippen molar-refractivity contribution in [1.29, 1.82) is 0 Å². The Hall–Kier alpha value is -3.53. The number of ketones is 1. The van der Waals surface area contributed by atoms with Gasteiger partial charge in [0.2, 0.25) is 11.1 Å². The Bertz CT molecular complexity index is 1030. The minimum Gasteiger partial charge on any atom is -0.326 e. The van der Waals surface area contributed by atoms with E-state index in [0.29, 0.717) is 22.2 Å². The molecule has 28 heavy (non-hydrogen) atoms. The maximum atomic E-state index is 12.2. The molecule has 0 bridgehead atoms. The summed E-state index contributed by atoms with van der Waals surface area (Å²) >= 11 is 1.16. The third-order valence-corrected chi connectivity index (χ3v) is 4.50. The maximum Gasteiger partial charge on any atom is 0.269 e. The van der Waals surface area contributed by atoms with E-state index in [1.807, 2.05) is 6.07 Å². The minimum atomic E-state index is -0.515. The van der Waals surface area contributed by atoms with E-state index in [1.165, 1.54) is 31.2 Å². The standard InChI is InChI=1S/C18H15N5O4S/c1-11(24)19-14-4-2-3-13(9-14)17-20-18(22-21-17)28-10-16(25)12-5-7-15(8-6-12)23(26)27/h2-9H,10H2,1H3,(H,19,24)(H,20,21,22). The van der Waals surface area contributed by atoms with E-state index >= 15 is 0 Å². The maximum absolute atomic E-state index is 12.2. The number of H-pyrrole nitrogens is 1. The predicted octanol–water partition coefficient (Wildman–Crippen LogP) is 3.31. The Balaban J connectivity index is 1.64. The third kappa shape index (κ3) is 4.80. The van der Waals surface area contributed by atoms with Gasteiger partial charge in [-0.15, -0.1) is 5.10 Å². The summed E-state index contributed by atoms with van der Waals surface area (Å²) in [5.41, 5.74) is 1.71. The zero-order valence-corrected chi connectivity index (χ0v) is 15.5. The van der Waals surface area contributed by atoms with E-state index in [9.17, 15) is 19.7 Å². The van der Waals surface area contributed by atoms with Crippen molar-refractivity contribution in [2.24, 2.45) is 0 Å². The number of carbonyl (C=O) groups excluding carboxylic acids is 2. The molecule has 1 amide bonds. The molecule has 2 N–H and O–H groups in total. The Morgan fingerprint density at radius 3 is 2.64 bits per heavy atom. The highest BCUT2D eigenvalue weighted by molar-refractivity contribution is 7.99. The first-order chi connectivity index (χ1) is 13.4. The van der Waals surface area contributed by atoms with Gasteiger partial charge >= 0.3 is 0 Å². The summed E-state index contributed by atoms with van der Waals surface area (Å²) in [6.07, 6.45) is 0. The number of nitro groups is 1. The van der Waals surface area contributed by atoms with Crippen LogP contribution in [0.1, 0.15) is 17.3 Å². The average Bonchev–Trinajstić information content (AvgIpc) is 3.15. The molecule has 142 valence electrons. The molecule has 0 saturated heterocycles. The summed E-state index contributed by atoms with van der Waals surface area (Å²) in [4.78, 5) is 37.9. The number of aromatic amines is 1. The van der Waals surface area contributed by atoms with Gasteiger partial charge in [0.1, 0.15) is 0 Å². The second-order valence-electron chi connectivity index (χ2n) is 5.74. The van der Waals surface area contributed by atoms with Crippen LogP contribution in [0.25, 0.3) is 11.4 Å². The lowest BCUT2D eigenvalue weighted by Gasteiger charge is -2.03. The van der Waals surface area contributed by atoms with E-state index in [0.717, 1.165) is 17.3 Å². The molecule has 0 spiro atoms. The van der Waals surface area contributed by atoms with Crippen molar-refractivity contribution in [3.8, 4) is 11.4 Å². The summed E-state index contributed by atoms with van der Waals surface area (Å²) in [6.45, 7) is 1.43. The second-order valence-corrected chi connectivity index (χ2v) is 6.69. The summed E-state index contributed by atoms with van der Waals surface area (Å²) in [6, 6.07) is 12.6. The first-order valence-electron chi connectivity index (χ1n) is 8.13. The zero-order chi connectivity index (χ0) is 20.1. The van der Waals surface area contributed by atoms with Crippen LogP contribution in [0.2, 0.25) is 0 Å². The molecule has 3 rings (SSSR count). The molecule has 0 aliphatic heterocycles. The molecule has 0 fully saturated rings. The zero-order valence-electron chi connectivity index (χ0n) is 14.7. The summed E-state index contributed by atoms with van der Waals surface area (Å²) in [5, 5.41) is 20.6. The quantitative estimate of drug-likeness (QED) is 0.271. The first-order valence-corrected chi connectivity index (χ1v) is 9.12. The molecule has 0 aliphatic rings. The van der Waals surface area contributed by atoms with Gasteiger partial charge in [0.15, 0.2) is 11.6 Å². The number of nitrogens with zero attached hydrogens (tertiary/aromatic N) is 3. The van der Waals surface area contributed by atoms with Crippen LogP contribution in [0.15, 0.2) is 53.7 Å². The monoisotopic (exact) mass is 397 g/mol. The van der Waals surface area contributed by atoms with Crippen molar-refractivity contribution in [3.05, 3.63) is 64.2 Å². The lowest BCUT2D eigenvalue weighted by Crippen LogP contribution is -2.05. The molecular formula is C18H15N5O4S. The van der Waals surface area contributed by atoms with Crippen LogP contribution in [0.5, 0.6) is 0 Å². The Morgan fingerprint density at radius 2 is 1.96 bits per heavy atom. The van der Waals surface area contributed by atoms with Crippen LogP contribution < -0.4 is 5.32 Å². The van der Waals surface area contributed by atoms with E-state index < -0.39 is 4.92 Å². The minimum absolute atomic E-state index is 0.0655. The highest BCUT2D eigenvalue weighted by atomic mass is 32.2. The predicted molar refractivity (Wildman–Crippen MR) is 104 cm³/mol. The number of aromatic nitrogens is 3. The molecule has 0 unspecified atom stereocenters. The van der Waals surface area contributed by atoms with Crippen molar-refractivity contribution in [3.63, 3.8) is 0 Å². The number of nitrogens with one attached hydrogen (secondary N) is 2. The van der Waals surface area contributed by atoms with Crippen molar-refractivity contribution >= 4 is 34.8 Å². The normalized spacial score (nSPS) is 10.5. The lowest BCUT2D eigenvalue weighted by molar-refractivity contribution is -0.384. The van der Waals surface area contributed by atoms with Crippen molar-refractivity contribution in [2.45, 2.75) is 12.1 Å². The van der Waals surface area contributed by atoms with E-state index in [1.54, 1.807) is 18.2 Å². The molecule has 0 aliphatic carbocycles. The molecule has 0 atom stereocenters. The van der Waals surface area contributed by atoms with Gasteiger partial charge in [-0.2, -0.15) is 0 Å². The molecule has 9 nitrogen and oxygen atoms in total. The Kier molecular flexibility index (Phi) is 5.80. The molecule has 0 radical (unpaired) electrons. The number of Topliss-reactive ketones (excluding diaryl/α,β-unsaturated/α-hetero) is 1. The number of anilines is 1. The van der Waals surface area contributed by atoms with Crippen LogP contribution in [-0.4, -0.2) is 37.5 Å². The number of nitro benzene ring substituents is 1.